The Kier molecular flexibility index (Phi) is 5.93. The molecule has 1 heterocycles. The third-order valence-corrected chi connectivity index (χ3v) is 3.76. The summed E-state index contributed by atoms with van der Waals surface area (Å²) in [7, 11) is 1.89. The van der Waals surface area contributed by atoms with Crippen LogP contribution in [0.25, 0.3) is 0 Å². The van der Waals surface area contributed by atoms with Gasteiger partial charge in [0.05, 0.1) is 5.69 Å². The zero-order valence-corrected chi connectivity index (χ0v) is 13.4. The zero-order chi connectivity index (χ0) is 16.2. The van der Waals surface area contributed by atoms with Gasteiger partial charge in [0.15, 0.2) is 0 Å². The summed E-state index contributed by atoms with van der Waals surface area (Å²) < 4.78 is 1.82. The molecule has 6 heteroatoms. The van der Waals surface area contributed by atoms with Crippen LogP contribution in [-0.2, 0) is 23.1 Å². The van der Waals surface area contributed by atoms with Crippen LogP contribution in [0.4, 0.5) is 0 Å². The van der Waals surface area contributed by atoms with Crippen LogP contribution in [0.1, 0.15) is 37.2 Å². The van der Waals surface area contributed by atoms with Crippen LogP contribution in [0.3, 0.4) is 0 Å². The van der Waals surface area contributed by atoms with Crippen LogP contribution >= 0.6 is 0 Å². The maximum Gasteiger partial charge on any atom is 0.303 e. The van der Waals surface area contributed by atoms with Gasteiger partial charge in [-0.25, -0.2) is 0 Å². The molecule has 0 spiro atoms. The van der Waals surface area contributed by atoms with Gasteiger partial charge >= 0.3 is 5.97 Å². The Morgan fingerprint density at radius 2 is 1.95 bits per heavy atom. The van der Waals surface area contributed by atoms with Crippen LogP contribution in [0.2, 0.25) is 0 Å². The second-order valence-corrected chi connectivity index (χ2v) is 5.83. The molecule has 0 fully saturated rings. The fraction of sp³-hybridized carbons (Fsp3) is 0.667. The van der Waals surface area contributed by atoms with Gasteiger partial charge in [-0.2, -0.15) is 5.10 Å². The van der Waals surface area contributed by atoms with Crippen LogP contribution < -0.4 is 5.32 Å². The van der Waals surface area contributed by atoms with Crippen molar-refractivity contribution in [1.82, 2.24) is 15.1 Å². The van der Waals surface area contributed by atoms with Crippen molar-refractivity contribution in [2.75, 3.05) is 6.54 Å². The number of aryl methyl sites for hydroxylation is 2. The van der Waals surface area contributed by atoms with E-state index >= 15 is 0 Å². The molecule has 0 aliphatic heterocycles. The van der Waals surface area contributed by atoms with E-state index < -0.39 is 5.97 Å². The molecule has 2 N–H and O–H groups in total. The number of amides is 1. The van der Waals surface area contributed by atoms with Gasteiger partial charge in [-0.3, -0.25) is 14.3 Å². The van der Waals surface area contributed by atoms with Crippen molar-refractivity contribution >= 4 is 11.9 Å². The Labute approximate surface area is 125 Å². The van der Waals surface area contributed by atoms with Gasteiger partial charge in [-0.1, -0.05) is 13.8 Å². The number of aromatic nitrogens is 2. The number of carbonyl (C=O) groups excluding carboxylic acids is 1. The van der Waals surface area contributed by atoms with Crippen molar-refractivity contribution < 1.29 is 14.7 Å². The Bertz CT molecular complexity index is 522. The predicted octanol–water partition coefficient (Wildman–Crippen LogP) is 1.44. The Hall–Kier alpha value is -1.85. The number of aliphatic carboxylic acids is 1. The summed E-state index contributed by atoms with van der Waals surface area (Å²) in [5.41, 5.74) is 3.14. The molecule has 0 aliphatic carbocycles. The molecule has 0 saturated heterocycles. The maximum absolute atomic E-state index is 12.1. The highest BCUT2D eigenvalue weighted by molar-refractivity contribution is 5.78. The number of rotatable bonds is 7. The topological polar surface area (TPSA) is 84.2 Å². The van der Waals surface area contributed by atoms with Gasteiger partial charge in [0.25, 0.3) is 0 Å². The van der Waals surface area contributed by atoms with Crippen molar-refractivity contribution in [2.24, 2.45) is 18.9 Å². The Morgan fingerprint density at radius 1 is 1.33 bits per heavy atom. The monoisotopic (exact) mass is 295 g/mol. The van der Waals surface area contributed by atoms with Crippen molar-refractivity contribution in [2.45, 2.75) is 40.5 Å². The van der Waals surface area contributed by atoms with E-state index in [1.165, 1.54) is 0 Å². The summed E-state index contributed by atoms with van der Waals surface area (Å²) >= 11 is 0. The minimum Gasteiger partial charge on any atom is -0.481 e. The average molecular weight is 295 g/mol. The molecule has 1 amide bonds. The summed E-state index contributed by atoms with van der Waals surface area (Å²) in [6.07, 6.45) is 0.708. The standard InChI is InChI=1S/C15H25N3O3/c1-9(6-14(19)20)8-16-15(21)10(2)7-13-11(3)17-18(5)12(13)4/h9-10H,6-8H2,1-5H3,(H,16,21)(H,19,20). The molecule has 0 radical (unpaired) electrons. The van der Waals surface area contributed by atoms with Gasteiger partial charge in [-0.05, 0) is 31.7 Å². The number of hydrogen-bond acceptors (Lipinski definition) is 3. The minimum absolute atomic E-state index is 0.0464. The Balaban J connectivity index is 2.53. The molecule has 118 valence electrons. The van der Waals surface area contributed by atoms with Gasteiger partial charge < -0.3 is 10.4 Å². The number of carbonyl (C=O) groups is 2. The molecule has 0 saturated carbocycles. The van der Waals surface area contributed by atoms with E-state index in [0.29, 0.717) is 13.0 Å². The third kappa shape index (κ3) is 4.88. The lowest BCUT2D eigenvalue weighted by atomic mass is 9.98. The number of nitrogens with zero attached hydrogens (tertiary/aromatic N) is 2. The molecular weight excluding hydrogens is 270 g/mol. The van der Waals surface area contributed by atoms with E-state index in [9.17, 15) is 9.59 Å². The molecule has 21 heavy (non-hydrogen) atoms. The van der Waals surface area contributed by atoms with Gasteiger partial charge in [0.2, 0.25) is 5.91 Å². The van der Waals surface area contributed by atoms with Crippen molar-refractivity contribution in [3.05, 3.63) is 17.0 Å². The van der Waals surface area contributed by atoms with E-state index in [4.69, 9.17) is 5.11 Å². The molecule has 2 atom stereocenters. The van der Waals surface area contributed by atoms with E-state index in [1.807, 2.05) is 39.4 Å². The minimum atomic E-state index is -0.841. The third-order valence-electron chi connectivity index (χ3n) is 3.76. The summed E-state index contributed by atoms with van der Waals surface area (Å²) in [4.78, 5) is 22.7. The summed E-state index contributed by atoms with van der Waals surface area (Å²) in [5, 5.41) is 15.9. The largest absolute Gasteiger partial charge is 0.481 e. The molecule has 2 unspecified atom stereocenters. The lowest BCUT2D eigenvalue weighted by Crippen LogP contribution is -2.34. The van der Waals surface area contributed by atoms with E-state index in [1.54, 1.807) is 0 Å². The van der Waals surface area contributed by atoms with Crippen molar-refractivity contribution in [3.8, 4) is 0 Å². The van der Waals surface area contributed by atoms with E-state index in [0.717, 1.165) is 17.0 Å². The highest BCUT2D eigenvalue weighted by Crippen LogP contribution is 2.17. The van der Waals surface area contributed by atoms with E-state index in [2.05, 4.69) is 10.4 Å². The molecule has 1 aromatic heterocycles. The first kappa shape index (κ1) is 17.2. The van der Waals surface area contributed by atoms with E-state index in [-0.39, 0.29) is 24.2 Å². The van der Waals surface area contributed by atoms with Crippen molar-refractivity contribution in [1.29, 1.82) is 0 Å². The fourth-order valence-corrected chi connectivity index (χ4v) is 2.33. The van der Waals surface area contributed by atoms with Crippen LogP contribution in [-0.4, -0.2) is 33.3 Å². The Morgan fingerprint density at radius 3 is 2.43 bits per heavy atom. The molecule has 0 bridgehead atoms. The number of carboxylic acid groups (broad SMARTS) is 1. The first-order valence-corrected chi connectivity index (χ1v) is 7.21. The SMILES string of the molecule is Cc1nn(C)c(C)c1CC(C)C(=O)NCC(C)CC(=O)O. The average Bonchev–Trinajstić information content (AvgIpc) is 2.61. The van der Waals surface area contributed by atoms with Crippen LogP contribution in [0.5, 0.6) is 0 Å². The lowest BCUT2D eigenvalue weighted by molar-refractivity contribution is -0.138. The number of hydrogen-bond donors (Lipinski definition) is 2. The summed E-state index contributed by atoms with van der Waals surface area (Å²) in [5.74, 6) is -1.12. The highest BCUT2D eigenvalue weighted by Gasteiger charge is 2.19. The van der Waals surface area contributed by atoms with Gasteiger partial charge in [0, 0.05) is 31.6 Å². The summed E-state index contributed by atoms with van der Waals surface area (Å²) in [6, 6.07) is 0. The molecule has 0 aromatic carbocycles. The molecule has 1 aromatic rings. The highest BCUT2D eigenvalue weighted by atomic mass is 16.4. The lowest BCUT2D eigenvalue weighted by Gasteiger charge is -2.15. The number of carboxylic acids is 1. The molecule has 6 nitrogen and oxygen atoms in total. The van der Waals surface area contributed by atoms with Gasteiger partial charge in [-0.15, -0.1) is 0 Å². The molecular formula is C15H25N3O3. The smallest absolute Gasteiger partial charge is 0.303 e. The molecule has 0 aliphatic rings. The normalized spacial score (nSPS) is 13.8. The fourth-order valence-electron chi connectivity index (χ4n) is 2.33. The molecule has 1 rings (SSSR count). The van der Waals surface area contributed by atoms with Crippen LogP contribution in [0, 0.1) is 25.7 Å². The zero-order valence-electron chi connectivity index (χ0n) is 13.4. The maximum atomic E-state index is 12.1. The number of nitrogens with one attached hydrogen (secondary N) is 1. The first-order chi connectivity index (χ1) is 9.72. The second kappa shape index (κ2) is 7.24. The van der Waals surface area contributed by atoms with Gasteiger partial charge in [0.1, 0.15) is 0 Å². The summed E-state index contributed by atoms with van der Waals surface area (Å²) in [6.45, 7) is 8.02. The predicted molar refractivity (Wildman–Crippen MR) is 80.0 cm³/mol. The first-order valence-electron chi connectivity index (χ1n) is 7.21. The van der Waals surface area contributed by atoms with Crippen molar-refractivity contribution in [3.63, 3.8) is 0 Å². The van der Waals surface area contributed by atoms with Crippen LogP contribution in [0.15, 0.2) is 0 Å². The quantitative estimate of drug-likeness (QED) is 0.797. The second-order valence-electron chi connectivity index (χ2n) is 5.83.